The molecule has 9 aromatic carbocycles. The van der Waals surface area contributed by atoms with Crippen LogP contribution in [0.3, 0.4) is 0 Å². The fourth-order valence-corrected chi connectivity index (χ4v) is 9.43. The fourth-order valence-electron chi connectivity index (χ4n) is 9.43. The summed E-state index contributed by atoms with van der Waals surface area (Å²) >= 11 is 0. The van der Waals surface area contributed by atoms with Gasteiger partial charge < -0.3 is 4.90 Å². The van der Waals surface area contributed by atoms with E-state index in [0.29, 0.717) is 0 Å². The van der Waals surface area contributed by atoms with Crippen LogP contribution in [-0.2, 0) is 5.41 Å². The number of benzene rings is 9. The zero-order valence-electron chi connectivity index (χ0n) is 35.4. The zero-order valence-corrected chi connectivity index (χ0v) is 35.4. The summed E-state index contributed by atoms with van der Waals surface area (Å²) in [5, 5.41) is 2.42. The molecule has 1 heterocycles. The SMILES string of the molecule is CC1(C)c2ccccc2-c2ccc(N(c3ccc(-c4ccc(N(c5ccc(-c6ccccc6)cc5)c5ccc(-c6ccccc6)cc5)nc4)cc3)c3cccc4ccccc34)cc21. The van der Waals surface area contributed by atoms with Crippen molar-refractivity contribution in [2.75, 3.05) is 9.80 Å². The predicted molar refractivity (Wildman–Crippen MR) is 265 cm³/mol. The molecule has 0 N–H and O–H groups in total. The summed E-state index contributed by atoms with van der Waals surface area (Å²) < 4.78 is 0. The lowest BCUT2D eigenvalue weighted by Gasteiger charge is -2.29. The Morgan fingerprint density at radius 1 is 0.349 bits per heavy atom. The molecule has 0 bridgehead atoms. The number of fused-ring (bicyclic) bond motifs is 4. The normalized spacial score (nSPS) is 12.4. The minimum atomic E-state index is -0.109. The van der Waals surface area contributed by atoms with Gasteiger partial charge in [-0.15, -0.1) is 0 Å². The fraction of sp³-hybridized carbons (Fsp3) is 0.0500. The molecule has 0 saturated heterocycles. The summed E-state index contributed by atoms with van der Waals surface area (Å²) in [6.07, 6.45) is 2.00. The van der Waals surface area contributed by atoms with Crippen LogP contribution in [0.1, 0.15) is 25.0 Å². The van der Waals surface area contributed by atoms with Crippen LogP contribution >= 0.6 is 0 Å². The number of nitrogens with zero attached hydrogens (tertiary/aromatic N) is 3. The molecule has 0 fully saturated rings. The Kier molecular flexibility index (Phi) is 9.51. The van der Waals surface area contributed by atoms with Gasteiger partial charge in [0.1, 0.15) is 5.82 Å². The third-order valence-corrected chi connectivity index (χ3v) is 12.7. The van der Waals surface area contributed by atoms with E-state index in [9.17, 15) is 0 Å². The highest BCUT2D eigenvalue weighted by atomic mass is 15.2. The lowest BCUT2D eigenvalue weighted by molar-refractivity contribution is 0.660. The van der Waals surface area contributed by atoms with Crippen LogP contribution < -0.4 is 9.80 Å². The van der Waals surface area contributed by atoms with Crippen LogP contribution in [0, 0.1) is 0 Å². The van der Waals surface area contributed by atoms with Gasteiger partial charge in [0.2, 0.25) is 0 Å². The van der Waals surface area contributed by atoms with E-state index >= 15 is 0 Å². The number of hydrogen-bond donors (Lipinski definition) is 0. The van der Waals surface area contributed by atoms with Crippen molar-refractivity contribution in [3.05, 3.63) is 248 Å². The highest BCUT2D eigenvalue weighted by Crippen LogP contribution is 2.51. The Balaban J connectivity index is 0.945. The number of hydrogen-bond acceptors (Lipinski definition) is 3. The first-order valence-corrected chi connectivity index (χ1v) is 21.7. The van der Waals surface area contributed by atoms with E-state index < -0.39 is 0 Å². The first-order valence-electron chi connectivity index (χ1n) is 21.7. The molecule has 0 unspecified atom stereocenters. The molecular formula is C60H45N3. The average Bonchev–Trinajstić information content (AvgIpc) is 3.58. The molecule has 1 aromatic heterocycles. The Morgan fingerprint density at radius 2 is 0.825 bits per heavy atom. The molecule has 11 rings (SSSR count). The Labute approximate surface area is 369 Å². The van der Waals surface area contributed by atoms with E-state index in [4.69, 9.17) is 4.98 Å². The van der Waals surface area contributed by atoms with Crippen molar-refractivity contribution in [2.45, 2.75) is 19.3 Å². The number of rotatable bonds is 9. The van der Waals surface area contributed by atoms with Gasteiger partial charge >= 0.3 is 0 Å². The molecule has 63 heavy (non-hydrogen) atoms. The third-order valence-electron chi connectivity index (χ3n) is 12.7. The standard InChI is InChI=1S/C60H45N3/c1-60(2)56-22-12-11-21-54(56)55-38-37-52(40-57(55)60)62(58-23-13-19-47-18-9-10-20-53(47)58)49-31-28-46(29-32-49)48-30-39-59(61-41-48)63(50-33-24-44(25-34-50)42-14-5-3-6-15-42)51-35-26-45(27-36-51)43-16-7-4-8-17-43/h3-41H,1-2H3. The van der Waals surface area contributed by atoms with E-state index in [2.05, 4.69) is 254 Å². The maximum Gasteiger partial charge on any atom is 0.137 e. The maximum absolute atomic E-state index is 5.14. The second-order valence-corrected chi connectivity index (χ2v) is 16.8. The van der Waals surface area contributed by atoms with Gasteiger partial charge in [0.05, 0.1) is 5.69 Å². The van der Waals surface area contributed by atoms with Crippen LogP contribution in [0.4, 0.5) is 34.3 Å². The summed E-state index contributed by atoms with van der Waals surface area (Å²) in [6, 6.07) is 82.9. The molecular weight excluding hydrogens is 763 g/mol. The van der Waals surface area contributed by atoms with E-state index in [1.54, 1.807) is 0 Å². The number of aromatic nitrogens is 1. The van der Waals surface area contributed by atoms with Crippen LogP contribution in [0.2, 0.25) is 0 Å². The highest BCUT2D eigenvalue weighted by molar-refractivity contribution is 5.99. The quantitative estimate of drug-likeness (QED) is 0.145. The first kappa shape index (κ1) is 38.0. The maximum atomic E-state index is 5.14. The average molecular weight is 808 g/mol. The molecule has 1 aliphatic rings. The number of anilines is 6. The lowest BCUT2D eigenvalue weighted by Crippen LogP contribution is -2.16. The largest absolute Gasteiger partial charge is 0.310 e. The van der Waals surface area contributed by atoms with E-state index in [-0.39, 0.29) is 5.41 Å². The van der Waals surface area contributed by atoms with Crippen molar-refractivity contribution in [3.63, 3.8) is 0 Å². The van der Waals surface area contributed by atoms with Gasteiger partial charge in [-0.1, -0.05) is 178 Å². The lowest BCUT2D eigenvalue weighted by atomic mass is 9.82. The van der Waals surface area contributed by atoms with E-state index in [0.717, 1.165) is 45.4 Å². The molecule has 3 heteroatoms. The summed E-state index contributed by atoms with van der Waals surface area (Å²) in [6.45, 7) is 4.69. The predicted octanol–water partition coefficient (Wildman–Crippen LogP) is 16.5. The van der Waals surface area contributed by atoms with E-state index in [1.807, 2.05) is 6.20 Å². The second-order valence-electron chi connectivity index (χ2n) is 16.8. The zero-order chi connectivity index (χ0) is 42.3. The van der Waals surface area contributed by atoms with Crippen molar-refractivity contribution in [2.24, 2.45) is 0 Å². The highest BCUT2D eigenvalue weighted by Gasteiger charge is 2.35. The van der Waals surface area contributed by atoms with Gasteiger partial charge in [0, 0.05) is 45.3 Å². The molecule has 3 nitrogen and oxygen atoms in total. The van der Waals surface area contributed by atoms with Crippen LogP contribution in [0.25, 0.3) is 55.3 Å². The molecule has 0 radical (unpaired) electrons. The minimum Gasteiger partial charge on any atom is -0.310 e. The topological polar surface area (TPSA) is 19.4 Å². The molecule has 10 aromatic rings. The van der Waals surface area contributed by atoms with Crippen molar-refractivity contribution in [1.29, 1.82) is 0 Å². The summed E-state index contributed by atoms with van der Waals surface area (Å²) in [5.74, 6) is 0.846. The van der Waals surface area contributed by atoms with Gasteiger partial charge in [-0.2, -0.15) is 0 Å². The monoisotopic (exact) mass is 807 g/mol. The Morgan fingerprint density at radius 3 is 1.44 bits per heavy atom. The molecule has 0 amide bonds. The van der Waals surface area contributed by atoms with Gasteiger partial charge in [-0.3, -0.25) is 4.90 Å². The van der Waals surface area contributed by atoms with Crippen LogP contribution in [-0.4, -0.2) is 4.98 Å². The van der Waals surface area contributed by atoms with Gasteiger partial charge in [-0.25, -0.2) is 4.98 Å². The minimum absolute atomic E-state index is 0.109. The molecule has 0 spiro atoms. The van der Waals surface area contributed by atoms with Crippen molar-refractivity contribution < 1.29 is 0 Å². The third kappa shape index (κ3) is 6.94. The van der Waals surface area contributed by atoms with Crippen LogP contribution in [0.15, 0.2) is 237 Å². The number of pyridine rings is 1. The molecule has 0 atom stereocenters. The Bertz CT molecular complexity index is 3120. The van der Waals surface area contributed by atoms with Crippen LogP contribution in [0.5, 0.6) is 0 Å². The molecule has 300 valence electrons. The summed E-state index contributed by atoms with van der Waals surface area (Å²) in [4.78, 5) is 9.78. The van der Waals surface area contributed by atoms with Gasteiger partial charge in [0.15, 0.2) is 0 Å². The van der Waals surface area contributed by atoms with Crippen molar-refractivity contribution in [1.82, 2.24) is 4.98 Å². The Hall–Kier alpha value is -8.01. The molecule has 1 aliphatic carbocycles. The van der Waals surface area contributed by atoms with Crippen molar-refractivity contribution in [3.8, 4) is 44.5 Å². The summed E-state index contributed by atoms with van der Waals surface area (Å²) in [7, 11) is 0. The van der Waals surface area contributed by atoms with Gasteiger partial charge in [0.25, 0.3) is 0 Å². The van der Waals surface area contributed by atoms with E-state index in [1.165, 1.54) is 55.3 Å². The second kappa shape index (κ2) is 15.8. The molecule has 0 aliphatic heterocycles. The first-order chi connectivity index (χ1) is 31.0. The molecule has 0 saturated carbocycles. The van der Waals surface area contributed by atoms with Crippen molar-refractivity contribution >= 4 is 45.0 Å². The summed E-state index contributed by atoms with van der Waals surface area (Å²) in [5.41, 5.74) is 17.6. The smallest absolute Gasteiger partial charge is 0.137 e. The van der Waals surface area contributed by atoms with Gasteiger partial charge in [-0.05, 0) is 122 Å².